The van der Waals surface area contributed by atoms with Gasteiger partial charge in [-0.25, -0.2) is 8.42 Å². The van der Waals surface area contributed by atoms with Crippen molar-refractivity contribution in [3.8, 4) is 0 Å². The number of sulfone groups is 1. The monoisotopic (exact) mass is 616 g/mol. The summed E-state index contributed by atoms with van der Waals surface area (Å²) in [5.74, 6) is 0.448. The molecule has 0 spiro atoms. The maximum Gasteiger partial charge on any atom is 0.261 e. The highest BCUT2D eigenvalue weighted by atomic mass is 32.2. The van der Waals surface area contributed by atoms with E-state index < -0.39 is 20.0 Å². The molecule has 0 saturated heterocycles. The van der Waals surface area contributed by atoms with Crippen molar-refractivity contribution in [3.63, 3.8) is 0 Å². The van der Waals surface area contributed by atoms with Gasteiger partial charge in [0.25, 0.3) is 10.1 Å². The Bertz CT molecular complexity index is 743. The fraction of sp³-hybridized carbons (Fsp3) is 1.00. The first-order chi connectivity index (χ1) is 18.7. The third-order valence-corrected chi connectivity index (χ3v) is 8.58. The van der Waals surface area contributed by atoms with Crippen LogP contribution in [0.5, 0.6) is 0 Å². The Morgan fingerprint density at radius 3 is 1.45 bits per heavy atom. The highest BCUT2D eigenvalue weighted by Crippen LogP contribution is 2.14. The van der Waals surface area contributed by atoms with Crippen LogP contribution in [0.1, 0.15) is 122 Å². The molecule has 0 aromatic carbocycles. The highest BCUT2D eigenvalue weighted by Gasteiger charge is 2.17. The molecular formula is C30H66NO7S2+. The number of ether oxygens (including phenoxy) is 2. The summed E-state index contributed by atoms with van der Waals surface area (Å²) < 4.78 is 62.4. The number of unbranched alkanes of at least 4 members (excludes halogenated alkanes) is 15. The van der Waals surface area contributed by atoms with Gasteiger partial charge in [0.05, 0.1) is 58.2 Å². The fourth-order valence-electron chi connectivity index (χ4n) is 4.41. The van der Waals surface area contributed by atoms with Gasteiger partial charge in [0.1, 0.15) is 0 Å². The molecule has 0 amide bonds. The van der Waals surface area contributed by atoms with Crippen LogP contribution in [0.15, 0.2) is 0 Å². The van der Waals surface area contributed by atoms with Crippen molar-refractivity contribution in [3.05, 3.63) is 0 Å². The molecule has 1 unspecified atom stereocenters. The van der Waals surface area contributed by atoms with E-state index in [1.807, 2.05) is 0 Å². The molecule has 1 atom stereocenters. The maximum atomic E-state index is 12.3. The van der Waals surface area contributed by atoms with Crippen molar-refractivity contribution in [2.24, 2.45) is 0 Å². The van der Waals surface area contributed by atoms with Gasteiger partial charge in [0, 0.05) is 20.1 Å². The predicted octanol–water partition coefficient (Wildman–Crippen LogP) is 6.68. The van der Waals surface area contributed by atoms with Crippen molar-refractivity contribution >= 4 is 20.0 Å². The minimum atomic E-state index is -3.67. The number of methoxy groups -OCH3 is 1. The van der Waals surface area contributed by atoms with E-state index in [1.165, 1.54) is 96.3 Å². The molecule has 0 fully saturated rings. The van der Waals surface area contributed by atoms with E-state index in [2.05, 4.69) is 28.1 Å². The van der Waals surface area contributed by atoms with Gasteiger partial charge in [-0.2, -0.15) is 8.42 Å². The Morgan fingerprint density at radius 2 is 1.07 bits per heavy atom. The number of hydrogen-bond donors (Lipinski definition) is 1. The van der Waals surface area contributed by atoms with E-state index in [1.54, 1.807) is 7.11 Å². The SMILES string of the molecule is CCCCCCCCCCCCCCCCCCOCC(CCS(=O)(=O)CCC[N+](C)(C)C)OC.CS(=O)(=O)O. The van der Waals surface area contributed by atoms with Crippen LogP contribution >= 0.6 is 0 Å². The Hall–Kier alpha value is -0.260. The minimum Gasteiger partial charge on any atom is -0.379 e. The molecule has 0 aliphatic carbocycles. The van der Waals surface area contributed by atoms with Crippen molar-refractivity contribution in [2.45, 2.75) is 129 Å². The van der Waals surface area contributed by atoms with E-state index in [4.69, 9.17) is 14.0 Å². The molecule has 0 aromatic heterocycles. The standard InChI is InChI=1S/C29H62NO4S.CH4O3S/c1-6-7-8-9-10-11-12-13-14-15-16-17-18-19-20-21-25-34-28-29(33-5)23-27-35(31,32)26-22-24-30(2,3)4;1-5(2,3)4/h29H,6-28H2,1-5H3;1H3,(H,2,3,4)/q+1;. The normalized spacial score (nSPS) is 13.2. The van der Waals surface area contributed by atoms with Gasteiger partial charge in [0.2, 0.25) is 0 Å². The first-order valence-corrected chi connectivity index (χ1v) is 19.4. The molecule has 10 heteroatoms. The lowest BCUT2D eigenvalue weighted by molar-refractivity contribution is -0.870. The summed E-state index contributed by atoms with van der Waals surface area (Å²) in [7, 11) is 1.22. The molecule has 8 nitrogen and oxygen atoms in total. The molecule has 0 aliphatic heterocycles. The van der Waals surface area contributed by atoms with Crippen molar-refractivity contribution in [1.29, 1.82) is 0 Å². The van der Waals surface area contributed by atoms with Crippen LogP contribution in [0.3, 0.4) is 0 Å². The second-order valence-electron chi connectivity index (χ2n) is 12.3. The number of nitrogens with zero attached hydrogens (tertiary/aromatic N) is 1. The zero-order chi connectivity index (χ0) is 30.8. The first-order valence-electron chi connectivity index (χ1n) is 15.7. The predicted molar refractivity (Wildman–Crippen MR) is 169 cm³/mol. The summed E-state index contributed by atoms with van der Waals surface area (Å²) in [6.45, 7) is 4.39. The van der Waals surface area contributed by atoms with E-state index in [9.17, 15) is 16.8 Å². The van der Waals surface area contributed by atoms with E-state index in [0.717, 1.165) is 24.1 Å². The molecule has 0 heterocycles. The van der Waals surface area contributed by atoms with Crippen molar-refractivity contribution < 1.29 is 35.3 Å². The average Bonchev–Trinajstić information content (AvgIpc) is 2.83. The molecule has 0 radical (unpaired) electrons. The van der Waals surface area contributed by atoms with Crippen LogP contribution in [-0.4, -0.2) is 97.7 Å². The Morgan fingerprint density at radius 1 is 0.675 bits per heavy atom. The summed E-state index contributed by atoms with van der Waals surface area (Å²) in [4.78, 5) is 0. The van der Waals surface area contributed by atoms with Crippen LogP contribution in [0.4, 0.5) is 0 Å². The molecule has 0 aliphatic rings. The average molecular weight is 617 g/mol. The highest BCUT2D eigenvalue weighted by molar-refractivity contribution is 7.91. The first kappa shape index (κ1) is 41.9. The number of rotatable bonds is 27. The Labute approximate surface area is 249 Å². The van der Waals surface area contributed by atoms with Crippen molar-refractivity contribution in [2.75, 3.05) is 65.8 Å². The lowest BCUT2D eigenvalue weighted by Crippen LogP contribution is -2.36. The van der Waals surface area contributed by atoms with Gasteiger partial charge in [0.15, 0.2) is 9.84 Å². The molecule has 244 valence electrons. The second kappa shape index (κ2) is 26.4. The van der Waals surface area contributed by atoms with Gasteiger partial charge < -0.3 is 14.0 Å². The summed E-state index contributed by atoms with van der Waals surface area (Å²) in [6.07, 6.45) is 23.7. The third-order valence-electron chi connectivity index (χ3n) is 6.81. The van der Waals surface area contributed by atoms with Gasteiger partial charge in [-0.3, -0.25) is 4.55 Å². The summed E-state index contributed by atoms with van der Waals surface area (Å²) in [5.41, 5.74) is 0. The second-order valence-corrected chi connectivity index (χ2v) is 16.0. The minimum absolute atomic E-state index is 0.135. The van der Waals surface area contributed by atoms with Crippen LogP contribution < -0.4 is 0 Å². The maximum absolute atomic E-state index is 12.3. The van der Waals surface area contributed by atoms with Crippen LogP contribution in [0, 0.1) is 0 Å². The Kier molecular flexibility index (Phi) is 27.6. The summed E-state index contributed by atoms with van der Waals surface area (Å²) in [6, 6.07) is 0. The number of hydrogen-bond acceptors (Lipinski definition) is 6. The van der Waals surface area contributed by atoms with Crippen LogP contribution in [-0.2, 0) is 29.4 Å². The third kappa shape index (κ3) is 39.9. The molecular weight excluding hydrogens is 550 g/mol. The van der Waals surface area contributed by atoms with Gasteiger partial charge in [-0.05, 0) is 12.8 Å². The summed E-state index contributed by atoms with van der Waals surface area (Å²) in [5, 5.41) is 0. The topological polar surface area (TPSA) is 107 Å². The molecule has 0 bridgehead atoms. The van der Waals surface area contributed by atoms with Gasteiger partial charge >= 0.3 is 0 Å². The zero-order valence-electron chi connectivity index (χ0n) is 27.0. The Balaban J connectivity index is 0. The quantitative estimate of drug-likeness (QED) is 0.0623. The largest absolute Gasteiger partial charge is 0.379 e. The van der Waals surface area contributed by atoms with Gasteiger partial charge in [-0.1, -0.05) is 103 Å². The van der Waals surface area contributed by atoms with Gasteiger partial charge in [-0.15, -0.1) is 0 Å². The van der Waals surface area contributed by atoms with E-state index >= 15 is 0 Å². The lowest BCUT2D eigenvalue weighted by Gasteiger charge is -2.23. The van der Waals surface area contributed by atoms with Crippen LogP contribution in [0.2, 0.25) is 0 Å². The zero-order valence-corrected chi connectivity index (χ0v) is 28.6. The van der Waals surface area contributed by atoms with E-state index in [-0.39, 0.29) is 17.6 Å². The molecule has 0 saturated carbocycles. The lowest BCUT2D eigenvalue weighted by atomic mass is 10.0. The molecule has 40 heavy (non-hydrogen) atoms. The number of quaternary nitrogens is 1. The molecule has 1 N–H and O–H groups in total. The molecule has 0 aromatic rings. The smallest absolute Gasteiger partial charge is 0.261 e. The van der Waals surface area contributed by atoms with Crippen molar-refractivity contribution in [1.82, 2.24) is 0 Å². The fourth-order valence-corrected chi connectivity index (χ4v) is 5.80. The van der Waals surface area contributed by atoms with E-state index in [0.29, 0.717) is 25.7 Å². The molecule has 0 rings (SSSR count). The van der Waals surface area contributed by atoms with Crippen LogP contribution in [0.25, 0.3) is 0 Å². The summed E-state index contributed by atoms with van der Waals surface area (Å²) >= 11 is 0.